The Kier molecular flexibility index (Phi) is 7.31. The van der Waals surface area contributed by atoms with Crippen LogP contribution in [0.2, 0.25) is 0 Å². The Hall–Kier alpha value is -3.16. The summed E-state index contributed by atoms with van der Waals surface area (Å²) in [5.41, 5.74) is 1.17. The number of ether oxygens (including phenoxy) is 3. The number of rotatable bonds is 8. The van der Waals surface area contributed by atoms with Crippen LogP contribution in [0, 0.1) is 0 Å². The minimum atomic E-state index is -4.40. The summed E-state index contributed by atoms with van der Waals surface area (Å²) in [5, 5.41) is 2.61. The molecule has 8 heteroatoms. The van der Waals surface area contributed by atoms with Crippen molar-refractivity contribution in [2.24, 2.45) is 0 Å². The Labute approximate surface area is 160 Å². The van der Waals surface area contributed by atoms with Crippen LogP contribution < -0.4 is 19.5 Å². The number of hydrogen-bond donors (Lipinski definition) is 1. The molecular formula is C20H20F3NO4. The van der Waals surface area contributed by atoms with E-state index in [-0.39, 0.29) is 5.75 Å². The van der Waals surface area contributed by atoms with Crippen LogP contribution in [0.25, 0.3) is 6.08 Å². The number of carbonyl (C=O) groups is 1. The molecule has 1 amide bonds. The van der Waals surface area contributed by atoms with Gasteiger partial charge in [-0.3, -0.25) is 4.79 Å². The van der Waals surface area contributed by atoms with Crippen LogP contribution in [-0.4, -0.2) is 32.4 Å². The van der Waals surface area contributed by atoms with Crippen molar-refractivity contribution in [3.63, 3.8) is 0 Å². The van der Waals surface area contributed by atoms with Gasteiger partial charge in [-0.25, -0.2) is 0 Å². The van der Waals surface area contributed by atoms with Gasteiger partial charge in [0.15, 0.2) is 18.1 Å². The predicted molar refractivity (Wildman–Crippen MR) is 99.8 cm³/mol. The fourth-order valence-electron chi connectivity index (χ4n) is 2.22. The van der Waals surface area contributed by atoms with E-state index in [0.29, 0.717) is 23.8 Å². The lowest BCUT2D eigenvalue weighted by Gasteiger charge is -2.10. The van der Waals surface area contributed by atoms with Gasteiger partial charge in [-0.05, 0) is 55.0 Å². The summed E-state index contributed by atoms with van der Waals surface area (Å²) in [6.45, 7) is 1.01. The van der Waals surface area contributed by atoms with Crippen molar-refractivity contribution in [3.8, 4) is 17.2 Å². The Morgan fingerprint density at radius 2 is 1.79 bits per heavy atom. The Bertz CT molecular complexity index is 817. The van der Waals surface area contributed by atoms with Crippen molar-refractivity contribution < 1.29 is 32.2 Å². The van der Waals surface area contributed by atoms with Crippen molar-refractivity contribution >= 4 is 17.7 Å². The SMILES string of the molecule is CCOc1ccc(/C=C/C(=O)Nc2ccc(OCC(F)(F)F)cc2)cc1OC. The zero-order chi connectivity index (χ0) is 20.6. The number of anilines is 1. The first-order valence-electron chi connectivity index (χ1n) is 8.40. The lowest BCUT2D eigenvalue weighted by molar-refractivity contribution is -0.153. The first kappa shape index (κ1) is 21.1. The largest absolute Gasteiger partial charge is 0.493 e. The zero-order valence-electron chi connectivity index (χ0n) is 15.4. The molecule has 1 N–H and O–H groups in total. The molecule has 0 bridgehead atoms. The molecule has 0 aromatic heterocycles. The highest BCUT2D eigenvalue weighted by molar-refractivity contribution is 6.01. The molecule has 2 aromatic rings. The average molecular weight is 395 g/mol. The van der Waals surface area contributed by atoms with Crippen LogP contribution in [0.15, 0.2) is 48.5 Å². The molecule has 150 valence electrons. The molecule has 28 heavy (non-hydrogen) atoms. The Balaban J connectivity index is 1.94. The van der Waals surface area contributed by atoms with E-state index >= 15 is 0 Å². The van der Waals surface area contributed by atoms with Crippen LogP contribution in [0.5, 0.6) is 17.2 Å². The topological polar surface area (TPSA) is 56.8 Å². The molecule has 0 aliphatic heterocycles. The molecule has 0 aliphatic rings. The summed E-state index contributed by atoms with van der Waals surface area (Å²) in [6, 6.07) is 10.9. The fourth-order valence-corrected chi connectivity index (χ4v) is 2.22. The maximum absolute atomic E-state index is 12.1. The number of hydrogen-bond acceptors (Lipinski definition) is 4. The molecule has 0 radical (unpaired) electrons. The lowest BCUT2D eigenvalue weighted by atomic mass is 10.2. The molecular weight excluding hydrogens is 375 g/mol. The highest BCUT2D eigenvalue weighted by Crippen LogP contribution is 2.28. The molecule has 0 saturated heterocycles. The van der Waals surface area contributed by atoms with Gasteiger partial charge in [0, 0.05) is 11.8 Å². The standard InChI is InChI=1S/C20H20F3NO4/c1-3-27-17-10-4-14(12-18(17)26-2)5-11-19(25)24-15-6-8-16(9-7-15)28-13-20(21,22)23/h4-12H,3,13H2,1-2H3,(H,24,25)/b11-5+. The summed E-state index contributed by atoms with van der Waals surface area (Å²) < 4.78 is 51.7. The van der Waals surface area contributed by atoms with Crippen LogP contribution >= 0.6 is 0 Å². The molecule has 0 fully saturated rings. The second-order valence-electron chi connectivity index (χ2n) is 5.59. The van der Waals surface area contributed by atoms with Crippen molar-refractivity contribution in [2.75, 3.05) is 25.6 Å². The minimum Gasteiger partial charge on any atom is -0.493 e. The molecule has 0 unspecified atom stereocenters. The number of amides is 1. The summed E-state index contributed by atoms with van der Waals surface area (Å²) in [4.78, 5) is 12.0. The maximum Gasteiger partial charge on any atom is 0.422 e. The fraction of sp³-hybridized carbons (Fsp3) is 0.250. The van der Waals surface area contributed by atoms with Crippen LogP contribution in [-0.2, 0) is 4.79 Å². The van der Waals surface area contributed by atoms with Crippen molar-refractivity contribution in [3.05, 3.63) is 54.1 Å². The van der Waals surface area contributed by atoms with Crippen molar-refractivity contribution in [1.82, 2.24) is 0 Å². The third-order valence-electron chi connectivity index (χ3n) is 3.44. The number of nitrogens with one attached hydrogen (secondary N) is 1. The maximum atomic E-state index is 12.1. The number of alkyl halides is 3. The van der Waals surface area contributed by atoms with E-state index in [0.717, 1.165) is 5.56 Å². The predicted octanol–water partition coefficient (Wildman–Crippen LogP) is 4.69. The molecule has 0 atom stereocenters. The van der Waals surface area contributed by atoms with Crippen LogP contribution in [0.1, 0.15) is 12.5 Å². The lowest BCUT2D eigenvalue weighted by Crippen LogP contribution is -2.19. The van der Waals surface area contributed by atoms with E-state index < -0.39 is 18.7 Å². The second-order valence-corrected chi connectivity index (χ2v) is 5.59. The van der Waals surface area contributed by atoms with Crippen molar-refractivity contribution in [1.29, 1.82) is 0 Å². The van der Waals surface area contributed by atoms with Gasteiger partial charge in [0.1, 0.15) is 5.75 Å². The number of carbonyl (C=O) groups excluding carboxylic acids is 1. The highest BCUT2D eigenvalue weighted by Gasteiger charge is 2.28. The summed E-state index contributed by atoms with van der Waals surface area (Å²) in [6.07, 6.45) is -1.46. The van der Waals surface area contributed by atoms with Crippen LogP contribution in [0.4, 0.5) is 18.9 Å². The van der Waals surface area contributed by atoms with Crippen LogP contribution in [0.3, 0.4) is 0 Å². The van der Waals surface area contributed by atoms with E-state index in [4.69, 9.17) is 9.47 Å². The molecule has 0 spiro atoms. The average Bonchev–Trinajstić information content (AvgIpc) is 2.66. The van der Waals surface area contributed by atoms with Gasteiger partial charge in [-0.2, -0.15) is 13.2 Å². The Morgan fingerprint density at radius 1 is 1.07 bits per heavy atom. The number of benzene rings is 2. The summed E-state index contributed by atoms with van der Waals surface area (Å²) >= 11 is 0. The third kappa shape index (κ3) is 6.86. The number of halogens is 3. The molecule has 0 aliphatic carbocycles. The summed E-state index contributed by atoms with van der Waals surface area (Å²) in [5.74, 6) is 0.836. The Morgan fingerprint density at radius 3 is 2.39 bits per heavy atom. The quantitative estimate of drug-likeness (QED) is 0.659. The molecule has 2 aromatic carbocycles. The normalized spacial score (nSPS) is 11.3. The van der Waals surface area contributed by atoms with E-state index in [9.17, 15) is 18.0 Å². The smallest absolute Gasteiger partial charge is 0.422 e. The minimum absolute atomic E-state index is 0.0624. The first-order chi connectivity index (χ1) is 13.3. The molecule has 5 nitrogen and oxygen atoms in total. The molecule has 2 rings (SSSR count). The monoisotopic (exact) mass is 395 g/mol. The van der Waals surface area contributed by atoms with Gasteiger partial charge in [-0.15, -0.1) is 0 Å². The second kappa shape index (κ2) is 9.68. The number of methoxy groups -OCH3 is 1. The van der Waals surface area contributed by atoms with E-state index in [2.05, 4.69) is 10.1 Å². The zero-order valence-corrected chi connectivity index (χ0v) is 15.4. The summed E-state index contributed by atoms with van der Waals surface area (Å²) in [7, 11) is 1.53. The van der Waals surface area contributed by atoms with E-state index in [1.54, 1.807) is 24.3 Å². The highest BCUT2D eigenvalue weighted by atomic mass is 19.4. The first-order valence-corrected chi connectivity index (χ1v) is 8.40. The van der Waals surface area contributed by atoms with Gasteiger partial charge >= 0.3 is 6.18 Å². The van der Waals surface area contributed by atoms with Gasteiger partial charge in [0.05, 0.1) is 13.7 Å². The van der Waals surface area contributed by atoms with Gasteiger partial charge < -0.3 is 19.5 Å². The van der Waals surface area contributed by atoms with Crippen molar-refractivity contribution in [2.45, 2.75) is 13.1 Å². The van der Waals surface area contributed by atoms with E-state index in [1.807, 2.05) is 6.92 Å². The third-order valence-corrected chi connectivity index (χ3v) is 3.44. The van der Waals surface area contributed by atoms with Gasteiger partial charge in [0.25, 0.3) is 0 Å². The molecule has 0 saturated carbocycles. The molecule has 0 heterocycles. The van der Waals surface area contributed by atoms with E-state index in [1.165, 1.54) is 37.5 Å². The van der Waals surface area contributed by atoms with Gasteiger partial charge in [0.2, 0.25) is 5.91 Å². The van der Waals surface area contributed by atoms with Gasteiger partial charge in [-0.1, -0.05) is 6.07 Å².